The van der Waals surface area contributed by atoms with Gasteiger partial charge in [0, 0.05) is 43.9 Å². The molecule has 1 aromatic carbocycles. The van der Waals surface area contributed by atoms with Crippen LogP contribution in [-0.2, 0) is 10.2 Å². The Kier molecular flexibility index (Phi) is 4.21. The van der Waals surface area contributed by atoms with Gasteiger partial charge in [-0.2, -0.15) is 12.7 Å². The smallest absolute Gasteiger partial charge is 0.277 e. The molecule has 1 saturated heterocycles. The topological polar surface area (TPSA) is 127 Å². The van der Waals surface area contributed by atoms with Crippen LogP contribution in [0.4, 0.5) is 5.69 Å². The Hall–Kier alpha value is -2.04. The number of non-ortho nitro benzene ring substituents is 1. The van der Waals surface area contributed by atoms with Gasteiger partial charge < -0.3 is 4.90 Å². The van der Waals surface area contributed by atoms with Gasteiger partial charge in [-0.05, 0) is 12.1 Å². The molecule has 2 rings (SSSR count). The summed E-state index contributed by atoms with van der Waals surface area (Å²) in [4.78, 5) is 23.7. The highest BCUT2D eigenvalue weighted by atomic mass is 32.2. The summed E-state index contributed by atoms with van der Waals surface area (Å²) in [6.07, 6.45) is 0. The molecule has 1 aromatic rings. The minimum Gasteiger partial charge on any atom is -0.336 e. The van der Waals surface area contributed by atoms with Gasteiger partial charge in [0.2, 0.25) is 0 Å². The highest BCUT2D eigenvalue weighted by Crippen LogP contribution is 2.15. The molecular weight excluding hydrogens is 300 g/mol. The van der Waals surface area contributed by atoms with Crippen molar-refractivity contribution in [3.63, 3.8) is 0 Å². The molecule has 0 bridgehead atoms. The van der Waals surface area contributed by atoms with Crippen LogP contribution in [0.25, 0.3) is 0 Å². The Morgan fingerprint density at radius 3 is 2.10 bits per heavy atom. The van der Waals surface area contributed by atoms with E-state index >= 15 is 0 Å². The summed E-state index contributed by atoms with van der Waals surface area (Å²) in [7, 11) is -3.73. The molecule has 2 N–H and O–H groups in total. The third-order valence-electron chi connectivity index (χ3n) is 3.21. The number of hydrogen-bond acceptors (Lipinski definition) is 5. The molecule has 0 spiro atoms. The molecular formula is C11H14N4O5S. The van der Waals surface area contributed by atoms with E-state index in [2.05, 4.69) is 0 Å². The van der Waals surface area contributed by atoms with Crippen LogP contribution in [0.15, 0.2) is 24.3 Å². The van der Waals surface area contributed by atoms with Gasteiger partial charge in [-0.15, -0.1) is 0 Å². The molecule has 0 radical (unpaired) electrons. The second-order valence-corrected chi connectivity index (χ2v) is 6.09. The van der Waals surface area contributed by atoms with E-state index < -0.39 is 15.1 Å². The predicted molar refractivity (Wildman–Crippen MR) is 73.7 cm³/mol. The third kappa shape index (κ3) is 3.54. The number of hydrogen-bond donors (Lipinski definition) is 1. The lowest BCUT2D eigenvalue weighted by Gasteiger charge is -2.32. The number of amides is 1. The number of carbonyl (C=O) groups excluding carboxylic acids is 1. The molecule has 1 aliphatic heterocycles. The van der Waals surface area contributed by atoms with Gasteiger partial charge in [-0.3, -0.25) is 14.9 Å². The molecule has 0 aliphatic carbocycles. The number of nitro benzene ring substituents is 1. The second-order valence-electron chi connectivity index (χ2n) is 4.54. The van der Waals surface area contributed by atoms with Gasteiger partial charge in [0.05, 0.1) is 4.92 Å². The van der Waals surface area contributed by atoms with E-state index in [9.17, 15) is 23.3 Å². The van der Waals surface area contributed by atoms with Gasteiger partial charge >= 0.3 is 0 Å². The predicted octanol–water partition coefficient (Wildman–Crippen LogP) is -0.444. The zero-order valence-corrected chi connectivity index (χ0v) is 11.8. The lowest BCUT2D eigenvalue weighted by molar-refractivity contribution is -0.384. The highest BCUT2D eigenvalue weighted by Gasteiger charge is 2.27. The van der Waals surface area contributed by atoms with Gasteiger partial charge in [0.1, 0.15) is 0 Å². The first kappa shape index (κ1) is 15.4. The lowest BCUT2D eigenvalue weighted by atomic mass is 10.1. The molecule has 1 amide bonds. The van der Waals surface area contributed by atoms with Crippen LogP contribution in [0, 0.1) is 10.1 Å². The first-order valence-corrected chi connectivity index (χ1v) is 7.61. The second kappa shape index (κ2) is 5.76. The van der Waals surface area contributed by atoms with Crippen LogP contribution >= 0.6 is 0 Å². The largest absolute Gasteiger partial charge is 0.336 e. The van der Waals surface area contributed by atoms with Crippen LogP contribution in [0.1, 0.15) is 10.4 Å². The average Bonchev–Trinajstić information content (AvgIpc) is 2.46. The first-order chi connectivity index (χ1) is 9.79. The SMILES string of the molecule is NS(=O)(=O)N1CCN(C(=O)c2ccc([N+](=O)[O-])cc2)CC1. The van der Waals surface area contributed by atoms with Gasteiger partial charge in [0.25, 0.3) is 21.8 Å². The van der Waals surface area contributed by atoms with E-state index in [1.54, 1.807) is 0 Å². The minimum atomic E-state index is -3.73. The molecule has 0 atom stereocenters. The summed E-state index contributed by atoms with van der Waals surface area (Å²) in [5, 5.41) is 15.6. The van der Waals surface area contributed by atoms with E-state index in [1.165, 1.54) is 29.2 Å². The van der Waals surface area contributed by atoms with Crippen molar-refractivity contribution in [2.24, 2.45) is 5.14 Å². The molecule has 9 nitrogen and oxygen atoms in total. The first-order valence-electron chi connectivity index (χ1n) is 6.10. The Morgan fingerprint density at radius 1 is 1.14 bits per heavy atom. The molecule has 114 valence electrons. The number of nitrogens with two attached hydrogens (primary N) is 1. The summed E-state index contributed by atoms with van der Waals surface area (Å²) in [5.74, 6) is -0.293. The van der Waals surface area contributed by atoms with Crippen LogP contribution in [0.2, 0.25) is 0 Å². The molecule has 21 heavy (non-hydrogen) atoms. The van der Waals surface area contributed by atoms with Crippen LogP contribution < -0.4 is 5.14 Å². The summed E-state index contributed by atoms with van der Waals surface area (Å²) in [5.41, 5.74) is 0.232. The molecule has 10 heteroatoms. The Morgan fingerprint density at radius 2 is 1.67 bits per heavy atom. The number of rotatable bonds is 3. The Labute approximate surface area is 121 Å². The molecule has 0 unspecified atom stereocenters. The maximum Gasteiger partial charge on any atom is 0.277 e. The summed E-state index contributed by atoms with van der Waals surface area (Å²) >= 11 is 0. The minimum absolute atomic E-state index is 0.0920. The number of nitrogens with zero attached hydrogens (tertiary/aromatic N) is 3. The fourth-order valence-electron chi connectivity index (χ4n) is 2.05. The van der Waals surface area contributed by atoms with E-state index in [0.29, 0.717) is 5.56 Å². The number of nitro groups is 1. The summed E-state index contributed by atoms with van der Waals surface area (Å²) in [6, 6.07) is 5.28. The average molecular weight is 314 g/mol. The van der Waals surface area contributed by atoms with Crippen molar-refractivity contribution in [3.05, 3.63) is 39.9 Å². The Balaban J connectivity index is 2.03. The van der Waals surface area contributed by atoms with E-state index in [0.717, 1.165) is 4.31 Å². The van der Waals surface area contributed by atoms with Crippen molar-refractivity contribution in [3.8, 4) is 0 Å². The zero-order valence-electron chi connectivity index (χ0n) is 11.0. The zero-order chi connectivity index (χ0) is 15.6. The molecule has 1 aliphatic rings. The van der Waals surface area contributed by atoms with Crippen LogP contribution in [-0.4, -0.2) is 54.6 Å². The van der Waals surface area contributed by atoms with Gasteiger partial charge in [-0.1, -0.05) is 0 Å². The molecule has 1 heterocycles. The van der Waals surface area contributed by atoms with Crippen LogP contribution in [0.3, 0.4) is 0 Å². The quantitative estimate of drug-likeness (QED) is 0.597. The van der Waals surface area contributed by atoms with Crippen molar-refractivity contribution >= 4 is 21.8 Å². The van der Waals surface area contributed by atoms with Crippen LogP contribution in [0.5, 0.6) is 0 Å². The monoisotopic (exact) mass is 314 g/mol. The lowest BCUT2D eigenvalue weighted by Crippen LogP contribution is -2.52. The summed E-state index contributed by atoms with van der Waals surface area (Å²) in [6.45, 7) is 0.730. The molecule has 0 saturated carbocycles. The fraction of sp³-hybridized carbons (Fsp3) is 0.364. The standard InChI is InChI=1S/C11H14N4O5S/c12-21(19,20)14-7-5-13(6-8-14)11(16)9-1-3-10(4-2-9)15(17)18/h1-4H,5-8H2,(H2,12,19,20). The van der Waals surface area contributed by atoms with Crippen molar-refractivity contribution in [1.82, 2.24) is 9.21 Å². The van der Waals surface area contributed by atoms with E-state index in [1.807, 2.05) is 0 Å². The number of piperazine rings is 1. The third-order valence-corrected chi connectivity index (χ3v) is 4.30. The summed E-state index contributed by atoms with van der Waals surface area (Å²) < 4.78 is 23.4. The van der Waals surface area contributed by atoms with Gasteiger partial charge in [-0.25, -0.2) is 5.14 Å². The van der Waals surface area contributed by atoms with Crippen molar-refractivity contribution in [2.45, 2.75) is 0 Å². The van der Waals surface area contributed by atoms with Crippen molar-refractivity contribution in [2.75, 3.05) is 26.2 Å². The maximum absolute atomic E-state index is 12.2. The number of carbonyl (C=O) groups is 1. The van der Waals surface area contributed by atoms with E-state index in [4.69, 9.17) is 5.14 Å². The molecule has 1 fully saturated rings. The highest BCUT2D eigenvalue weighted by molar-refractivity contribution is 7.86. The van der Waals surface area contributed by atoms with Crippen molar-refractivity contribution in [1.29, 1.82) is 0 Å². The number of benzene rings is 1. The van der Waals surface area contributed by atoms with Gasteiger partial charge in [0.15, 0.2) is 0 Å². The normalized spacial score (nSPS) is 16.7. The molecule has 0 aromatic heterocycles. The fourth-order valence-corrected chi connectivity index (χ4v) is 2.73. The Bertz CT molecular complexity index is 650. The van der Waals surface area contributed by atoms with Crippen molar-refractivity contribution < 1.29 is 18.1 Å². The van der Waals surface area contributed by atoms with E-state index in [-0.39, 0.29) is 37.8 Å². The maximum atomic E-state index is 12.2.